The summed E-state index contributed by atoms with van der Waals surface area (Å²) >= 11 is 0. The Kier molecular flexibility index (Phi) is 2.92. The Morgan fingerprint density at radius 3 is 2.94 bits per heavy atom. The summed E-state index contributed by atoms with van der Waals surface area (Å²) in [7, 11) is 0. The van der Waals surface area contributed by atoms with Gasteiger partial charge in [0, 0.05) is 30.9 Å². The summed E-state index contributed by atoms with van der Waals surface area (Å²) in [5, 5.41) is 4.48. The van der Waals surface area contributed by atoms with E-state index in [4.69, 9.17) is 0 Å². The quantitative estimate of drug-likeness (QED) is 0.759. The van der Waals surface area contributed by atoms with E-state index in [0.717, 1.165) is 29.8 Å². The van der Waals surface area contributed by atoms with Crippen LogP contribution < -0.4 is 5.32 Å². The molecule has 90 valence electrons. The minimum atomic E-state index is 0.835. The molecule has 0 fully saturated rings. The fraction of sp³-hybridized carbons (Fsp3) is 0.143. The predicted octanol–water partition coefficient (Wildman–Crippen LogP) is 2.54. The first kappa shape index (κ1) is 10.8. The van der Waals surface area contributed by atoms with Crippen LogP contribution >= 0.6 is 0 Å². The lowest BCUT2D eigenvalue weighted by Gasteiger charge is -2.07. The summed E-state index contributed by atoms with van der Waals surface area (Å²) in [4.78, 5) is 8.57. The summed E-state index contributed by atoms with van der Waals surface area (Å²) in [6, 6.07) is 12.2. The molecule has 0 saturated heterocycles. The molecule has 0 atom stereocenters. The molecule has 0 saturated carbocycles. The summed E-state index contributed by atoms with van der Waals surface area (Å²) in [6.07, 6.45) is 5.55. The van der Waals surface area contributed by atoms with Gasteiger partial charge in [-0.15, -0.1) is 0 Å². The van der Waals surface area contributed by atoms with Crippen LogP contribution in [0.4, 0.5) is 5.82 Å². The van der Waals surface area contributed by atoms with E-state index in [1.807, 2.05) is 41.4 Å². The van der Waals surface area contributed by atoms with Crippen molar-refractivity contribution in [1.82, 2.24) is 14.5 Å². The number of anilines is 1. The highest BCUT2D eigenvalue weighted by atomic mass is 15.1. The van der Waals surface area contributed by atoms with Crippen LogP contribution in [0.15, 0.2) is 55.1 Å². The lowest BCUT2D eigenvalue weighted by Crippen LogP contribution is -2.10. The van der Waals surface area contributed by atoms with Crippen LogP contribution in [0.5, 0.6) is 0 Å². The van der Waals surface area contributed by atoms with Crippen LogP contribution in [0, 0.1) is 0 Å². The van der Waals surface area contributed by atoms with E-state index >= 15 is 0 Å². The summed E-state index contributed by atoms with van der Waals surface area (Å²) < 4.78 is 2.04. The maximum Gasteiger partial charge on any atom is 0.126 e. The van der Waals surface area contributed by atoms with Gasteiger partial charge in [0.1, 0.15) is 5.82 Å². The zero-order valence-electron chi connectivity index (χ0n) is 9.95. The van der Waals surface area contributed by atoms with E-state index in [9.17, 15) is 0 Å². The Bertz CT molecular complexity index is 631. The van der Waals surface area contributed by atoms with Crippen molar-refractivity contribution >= 4 is 16.7 Å². The lowest BCUT2D eigenvalue weighted by atomic mass is 10.2. The molecule has 0 aliphatic rings. The van der Waals surface area contributed by atoms with Gasteiger partial charge >= 0.3 is 0 Å². The average Bonchev–Trinajstić information content (AvgIpc) is 2.92. The van der Waals surface area contributed by atoms with E-state index in [2.05, 4.69) is 27.4 Å². The third kappa shape index (κ3) is 2.32. The molecule has 2 aromatic heterocycles. The van der Waals surface area contributed by atoms with Gasteiger partial charge in [-0.1, -0.05) is 18.2 Å². The van der Waals surface area contributed by atoms with E-state index in [1.165, 1.54) is 0 Å². The summed E-state index contributed by atoms with van der Waals surface area (Å²) in [6.45, 7) is 1.72. The van der Waals surface area contributed by atoms with Gasteiger partial charge in [0.2, 0.25) is 0 Å². The van der Waals surface area contributed by atoms with Gasteiger partial charge in [-0.2, -0.15) is 0 Å². The number of imidazole rings is 1. The van der Waals surface area contributed by atoms with Crippen LogP contribution in [0.1, 0.15) is 0 Å². The fourth-order valence-corrected chi connectivity index (χ4v) is 1.90. The molecule has 1 aromatic carbocycles. The molecule has 0 aliphatic heterocycles. The van der Waals surface area contributed by atoms with Crippen molar-refractivity contribution < 1.29 is 0 Å². The molecule has 4 heteroatoms. The van der Waals surface area contributed by atoms with Crippen LogP contribution in [0.25, 0.3) is 10.9 Å². The van der Waals surface area contributed by atoms with Gasteiger partial charge in [-0.05, 0) is 18.2 Å². The molecule has 0 bridgehead atoms. The van der Waals surface area contributed by atoms with Crippen molar-refractivity contribution in [1.29, 1.82) is 0 Å². The number of para-hydroxylation sites is 1. The van der Waals surface area contributed by atoms with Gasteiger partial charge in [-0.25, -0.2) is 9.97 Å². The maximum absolute atomic E-state index is 4.56. The molecule has 4 nitrogen and oxygen atoms in total. The second kappa shape index (κ2) is 4.87. The maximum atomic E-state index is 4.56. The van der Waals surface area contributed by atoms with E-state index in [1.54, 1.807) is 6.20 Å². The van der Waals surface area contributed by atoms with Crippen molar-refractivity contribution in [3.8, 4) is 0 Å². The first-order chi connectivity index (χ1) is 8.92. The van der Waals surface area contributed by atoms with Gasteiger partial charge in [0.25, 0.3) is 0 Å². The van der Waals surface area contributed by atoms with Crippen LogP contribution in [0.3, 0.4) is 0 Å². The zero-order chi connectivity index (χ0) is 12.2. The Balaban J connectivity index is 1.67. The Hall–Kier alpha value is -2.36. The van der Waals surface area contributed by atoms with Crippen molar-refractivity contribution in [3.63, 3.8) is 0 Å². The molecule has 0 amide bonds. The SMILES string of the molecule is c1ccc2nc(NCCn3ccnc3)ccc2c1. The molecule has 0 aliphatic carbocycles. The van der Waals surface area contributed by atoms with Gasteiger partial charge in [0.05, 0.1) is 11.8 Å². The highest BCUT2D eigenvalue weighted by molar-refractivity contribution is 5.79. The van der Waals surface area contributed by atoms with Crippen LogP contribution in [-0.4, -0.2) is 21.1 Å². The Morgan fingerprint density at radius 2 is 2.06 bits per heavy atom. The largest absolute Gasteiger partial charge is 0.368 e. The first-order valence-electron chi connectivity index (χ1n) is 5.97. The molecule has 1 N–H and O–H groups in total. The van der Waals surface area contributed by atoms with Gasteiger partial charge in [-0.3, -0.25) is 0 Å². The smallest absolute Gasteiger partial charge is 0.126 e. The van der Waals surface area contributed by atoms with Crippen molar-refractivity contribution in [2.75, 3.05) is 11.9 Å². The number of benzene rings is 1. The van der Waals surface area contributed by atoms with Gasteiger partial charge in [0.15, 0.2) is 0 Å². The lowest BCUT2D eigenvalue weighted by molar-refractivity contribution is 0.725. The summed E-state index contributed by atoms with van der Waals surface area (Å²) in [5.74, 6) is 0.911. The Labute approximate surface area is 105 Å². The molecule has 18 heavy (non-hydrogen) atoms. The van der Waals surface area contributed by atoms with Crippen molar-refractivity contribution in [2.45, 2.75) is 6.54 Å². The molecule has 2 heterocycles. The summed E-state index contributed by atoms with van der Waals surface area (Å²) in [5.41, 5.74) is 1.02. The highest BCUT2D eigenvalue weighted by Gasteiger charge is 1.97. The van der Waals surface area contributed by atoms with Crippen LogP contribution in [0.2, 0.25) is 0 Å². The van der Waals surface area contributed by atoms with E-state index < -0.39 is 0 Å². The fourth-order valence-electron chi connectivity index (χ4n) is 1.90. The van der Waals surface area contributed by atoms with E-state index in [0.29, 0.717) is 0 Å². The van der Waals surface area contributed by atoms with Gasteiger partial charge < -0.3 is 9.88 Å². The van der Waals surface area contributed by atoms with Crippen molar-refractivity contribution in [3.05, 3.63) is 55.1 Å². The third-order valence-corrected chi connectivity index (χ3v) is 2.83. The number of aromatic nitrogens is 3. The minimum absolute atomic E-state index is 0.835. The number of rotatable bonds is 4. The van der Waals surface area contributed by atoms with Crippen LogP contribution in [-0.2, 0) is 6.54 Å². The second-order valence-corrected chi connectivity index (χ2v) is 4.12. The van der Waals surface area contributed by atoms with Crippen molar-refractivity contribution in [2.24, 2.45) is 0 Å². The molecular weight excluding hydrogens is 224 g/mol. The predicted molar refractivity (Wildman–Crippen MR) is 72.5 cm³/mol. The number of pyridine rings is 1. The molecule has 3 rings (SSSR count). The zero-order valence-corrected chi connectivity index (χ0v) is 9.95. The monoisotopic (exact) mass is 238 g/mol. The molecule has 0 unspecified atom stereocenters. The Morgan fingerprint density at radius 1 is 1.11 bits per heavy atom. The normalized spacial score (nSPS) is 10.7. The van der Waals surface area contributed by atoms with E-state index in [-0.39, 0.29) is 0 Å². The highest BCUT2D eigenvalue weighted by Crippen LogP contribution is 2.14. The number of nitrogens with one attached hydrogen (secondary N) is 1. The molecule has 0 spiro atoms. The standard InChI is InChI=1S/C14H14N4/c1-2-4-13-12(3-1)5-6-14(17-13)16-8-10-18-9-7-15-11-18/h1-7,9,11H,8,10H2,(H,16,17). The average molecular weight is 238 g/mol. The minimum Gasteiger partial charge on any atom is -0.368 e. The third-order valence-electron chi connectivity index (χ3n) is 2.83. The number of fused-ring (bicyclic) bond motifs is 1. The topological polar surface area (TPSA) is 42.7 Å². The first-order valence-corrected chi connectivity index (χ1v) is 5.97. The molecular formula is C14H14N4. The molecule has 0 radical (unpaired) electrons. The molecule has 3 aromatic rings. The number of nitrogens with zero attached hydrogens (tertiary/aromatic N) is 3. The second-order valence-electron chi connectivity index (χ2n) is 4.12. The number of hydrogen-bond donors (Lipinski definition) is 1. The number of hydrogen-bond acceptors (Lipinski definition) is 3.